The average molecular weight is 449 g/mol. The minimum Gasteiger partial charge on any atom is -0.497 e. The summed E-state index contributed by atoms with van der Waals surface area (Å²) in [4.78, 5) is 30.7. The molecule has 2 heterocycles. The van der Waals surface area contributed by atoms with Crippen molar-refractivity contribution >= 4 is 23.2 Å². The molecule has 2 aliphatic heterocycles. The van der Waals surface area contributed by atoms with Crippen LogP contribution < -0.4 is 19.3 Å². The van der Waals surface area contributed by atoms with Gasteiger partial charge in [-0.1, -0.05) is 0 Å². The van der Waals surface area contributed by atoms with E-state index in [9.17, 15) is 22.8 Å². The third kappa shape index (κ3) is 4.64. The molecule has 0 aromatic heterocycles. The van der Waals surface area contributed by atoms with Crippen molar-refractivity contribution in [3.63, 3.8) is 0 Å². The number of hydrogen-bond acceptors (Lipinski definition) is 6. The zero-order valence-corrected chi connectivity index (χ0v) is 17.3. The molecule has 2 aromatic carbocycles. The largest absolute Gasteiger partial charge is 0.573 e. The Morgan fingerprint density at radius 1 is 0.844 bits per heavy atom. The number of amides is 2. The summed E-state index contributed by atoms with van der Waals surface area (Å²) in [5.41, 5.74) is 1.29. The van der Waals surface area contributed by atoms with Crippen LogP contribution in [0, 0.1) is 0 Å². The Kier molecular flexibility index (Phi) is 5.96. The molecule has 1 atom stereocenters. The predicted molar refractivity (Wildman–Crippen MR) is 111 cm³/mol. The van der Waals surface area contributed by atoms with Crippen LogP contribution in [0.5, 0.6) is 11.5 Å². The number of carbonyl (C=O) groups excluding carboxylic acids is 2. The fourth-order valence-electron chi connectivity index (χ4n) is 4.05. The van der Waals surface area contributed by atoms with E-state index in [1.165, 1.54) is 12.1 Å². The van der Waals surface area contributed by atoms with Crippen LogP contribution in [0.4, 0.5) is 24.5 Å². The van der Waals surface area contributed by atoms with E-state index in [1.54, 1.807) is 7.11 Å². The Hall–Kier alpha value is -3.27. The van der Waals surface area contributed by atoms with Gasteiger partial charge in [0, 0.05) is 31.9 Å². The minimum absolute atomic E-state index is 0.0438. The molecule has 0 unspecified atom stereocenters. The van der Waals surface area contributed by atoms with Crippen molar-refractivity contribution in [3.05, 3.63) is 48.5 Å². The molecule has 10 heteroatoms. The molecule has 2 aliphatic rings. The van der Waals surface area contributed by atoms with Crippen molar-refractivity contribution in [1.82, 2.24) is 4.90 Å². The van der Waals surface area contributed by atoms with Gasteiger partial charge in [-0.15, -0.1) is 13.2 Å². The fourth-order valence-corrected chi connectivity index (χ4v) is 4.05. The first-order valence-electron chi connectivity index (χ1n) is 10.1. The number of anilines is 2. The van der Waals surface area contributed by atoms with Crippen molar-refractivity contribution in [1.29, 1.82) is 0 Å². The van der Waals surface area contributed by atoms with Crippen LogP contribution in [0.15, 0.2) is 48.5 Å². The Labute approximate surface area is 182 Å². The van der Waals surface area contributed by atoms with E-state index in [4.69, 9.17) is 4.74 Å². The van der Waals surface area contributed by atoms with Crippen molar-refractivity contribution in [2.45, 2.75) is 18.8 Å². The second-order valence-electron chi connectivity index (χ2n) is 7.55. The molecule has 170 valence electrons. The van der Waals surface area contributed by atoms with Crippen LogP contribution in [0.2, 0.25) is 0 Å². The van der Waals surface area contributed by atoms with Gasteiger partial charge < -0.3 is 14.4 Å². The zero-order valence-electron chi connectivity index (χ0n) is 17.3. The van der Waals surface area contributed by atoms with Crippen molar-refractivity contribution in [3.8, 4) is 11.5 Å². The standard InChI is InChI=1S/C22H22F3N3O4/c1-31-17-6-2-15(3-7-17)26-10-12-27(13-11-26)19-14-20(29)28(21(19)30)16-4-8-18(9-5-16)32-22(23,24)25/h2-9,19H,10-14H2,1H3/t19-/m0/s1. The van der Waals surface area contributed by atoms with Crippen LogP contribution in [0.25, 0.3) is 0 Å². The molecule has 0 saturated carbocycles. The number of methoxy groups -OCH3 is 1. The molecule has 2 aromatic rings. The lowest BCUT2D eigenvalue weighted by atomic mass is 10.1. The number of benzene rings is 2. The molecule has 4 rings (SSSR count). The maximum absolute atomic E-state index is 13.0. The molecule has 0 N–H and O–H groups in total. The van der Waals surface area contributed by atoms with E-state index >= 15 is 0 Å². The molecular formula is C22H22F3N3O4. The van der Waals surface area contributed by atoms with Gasteiger partial charge in [0.05, 0.1) is 25.3 Å². The molecule has 0 spiro atoms. The van der Waals surface area contributed by atoms with E-state index < -0.39 is 18.2 Å². The summed E-state index contributed by atoms with van der Waals surface area (Å²) >= 11 is 0. The van der Waals surface area contributed by atoms with Gasteiger partial charge in [-0.2, -0.15) is 0 Å². The Bertz CT molecular complexity index is 971. The molecule has 2 amide bonds. The van der Waals surface area contributed by atoms with Gasteiger partial charge in [0.25, 0.3) is 5.91 Å². The number of nitrogens with zero attached hydrogens (tertiary/aromatic N) is 3. The number of piperazine rings is 1. The molecule has 0 bridgehead atoms. The Morgan fingerprint density at radius 3 is 1.97 bits per heavy atom. The van der Waals surface area contributed by atoms with Crippen molar-refractivity contribution < 1.29 is 32.2 Å². The van der Waals surface area contributed by atoms with Crippen LogP contribution in [-0.2, 0) is 9.59 Å². The Morgan fingerprint density at radius 2 is 1.41 bits per heavy atom. The third-order valence-electron chi connectivity index (χ3n) is 5.64. The summed E-state index contributed by atoms with van der Waals surface area (Å²) in [7, 11) is 1.61. The van der Waals surface area contributed by atoms with Crippen LogP contribution >= 0.6 is 0 Å². The average Bonchev–Trinajstić information content (AvgIpc) is 3.07. The van der Waals surface area contributed by atoms with Gasteiger partial charge in [-0.25, -0.2) is 4.90 Å². The van der Waals surface area contributed by atoms with Gasteiger partial charge in [0.1, 0.15) is 11.5 Å². The third-order valence-corrected chi connectivity index (χ3v) is 5.64. The highest BCUT2D eigenvalue weighted by Gasteiger charge is 2.43. The number of alkyl halides is 3. The van der Waals surface area contributed by atoms with Crippen molar-refractivity contribution in [2.75, 3.05) is 43.1 Å². The molecule has 2 saturated heterocycles. The normalized spacial score (nSPS) is 20.1. The van der Waals surface area contributed by atoms with Gasteiger partial charge in [0.2, 0.25) is 5.91 Å². The van der Waals surface area contributed by atoms with E-state index in [0.29, 0.717) is 26.2 Å². The second kappa shape index (κ2) is 8.70. The minimum atomic E-state index is -4.81. The maximum Gasteiger partial charge on any atom is 0.573 e. The van der Waals surface area contributed by atoms with Gasteiger partial charge in [0.15, 0.2) is 0 Å². The van der Waals surface area contributed by atoms with Gasteiger partial charge >= 0.3 is 6.36 Å². The first kappa shape index (κ1) is 21.9. The highest BCUT2D eigenvalue weighted by atomic mass is 19.4. The molecular weight excluding hydrogens is 427 g/mol. The van der Waals surface area contributed by atoms with Crippen LogP contribution in [-0.4, -0.2) is 62.4 Å². The van der Waals surface area contributed by atoms with E-state index in [0.717, 1.165) is 28.5 Å². The van der Waals surface area contributed by atoms with Crippen LogP contribution in [0.3, 0.4) is 0 Å². The SMILES string of the molecule is COc1ccc(N2CCN([C@H]3CC(=O)N(c4ccc(OC(F)(F)F)cc4)C3=O)CC2)cc1. The summed E-state index contributed by atoms with van der Waals surface area (Å²) in [6.45, 7) is 2.63. The number of hydrogen-bond donors (Lipinski definition) is 0. The monoisotopic (exact) mass is 449 g/mol. The summed E-state index contributed by atoms with van der Waals surface area (Å²) < 4.78 is 46.0. The van der Waals surface area contributed by atoms with Gasteiger partial charge in [-0.3, -0.25) is 14.5 Å². The second-order valence-corrected chi connectivity index (χ2v) is 7.55. The molecule has 7 nitrogen and oxygen atoms in total. The summed E-state index contributed by atoms with van der Waals surface area (Å²) in [6.07, 6.45) is -4.76. The quantitative estimate of drug-likeness (QED) is 0.654. The highest BCUT2D eigenvalue weighted by molar-refractivity contribution is 6.22. The molecule has 2 fully saturated rings. The predicted octanol–water partition coefficient (Wildman–Crippen LogP) is 3.05. The van der Waals surface area contributed by atoms with E-state index in [-0.39, 0.29) is 23.9 Å². The number of ether oxygens (including phenoxy) is 2. The first-order valence-corrected chi connectivity index (χ1v) is 10.1. The topological polar surface area (TPSA) is 62.3 Å². The first-order chi connectivity index (χ1) is 15.2. The maximum atomic E-state index is 13.0. The fraction of sp³-hybridized carbons (Fsp3) is 0.364. The lowest BCUT2D eigenvalue weighted by molar-refractivity contribution is -0.274. The zero-order chi connectivity index (χ0) is 22.9. The van der Waals surface area contributed by atoms with Crippen molar-refractivity contribution in [2.24, 2.45) is 0 Å². The number of carbonyl (C=O) groups is 2. The molecule has 32 heavy (non-hydrogen) atoms. The smallest absolute Gasteiger partial charge is 0.497 e. The van der Waals surface area contributed by atoms with E-state index in [1.807, 2.05) is 29.2 Å². The van der Waals surface area contributed by atoms with E-state index in [2.05, 4.69) is 9.64 Å². The number of halogens is 3. The number of rotatable bonds is 5. The van der Waals surface area contributed by atoms with Crippen LogP contribution in [0.1, 0.15) is 6.42 Å². The van der Waals surface area contributed by atoms with Gasteiger partial charge in [-0.05, 0) is 48.5 Å². The highest BCUT2D eigenvalue weighted by Crippen LogP contribution is 2.30. The number of imide groups is 1. The summed E-state index contributed by atoms with van der Waals surface area (Å²) in [6, 6.07) is 11.9. The Balaban J connectivity index is 1.39. The summed E-state index contributed by atoms with van der Waals surface area (Å²) in [5, 5.41) is 0. The summed E-state index contributed by atoms with van der Waals surface area (Å²) in [5.74, 6) is -0.369. The lowest BCUT2D eigenvalue weighted by Crippen LogP contribution is -2.52. The lowest BCUT2D eigenvalue weighted by Gasteiger charge is -2.38. The molecule has 0 radical (unpaired) electrons. The molecule has 0 aliphatic carbocycles.